The Balaban J connectivity index is 1.26. The van der Waals surface area contributed by atoms with Crippen molar-refractivity contribution in [2.45, 2.75) is 58.8 Å². The molecule has 0 aliphatic heterocycles. The number of aromatic nitrogens is 12. The van der Waals surface area contributed by atoms with Crippen LogP contribution in [-0.2, 0) is 31.1 Å². The Morgan fingerprint density at radius 1 is 0.321 bits per heavy atom. The maximum Gasteiger partial charge on any atom is 0.0897 e. The lowest BCUT2D eigenvalue weighted by atomic mass is 9.64. The van der Waals surface area contributed by atoms with E-state index in [2.05, 4.69) is 159 Å². The van der Waals surface area contributed by atoms with Gasteiger partial charge in [-0.05, 0) is 72.2 Å². The van der Waals surface area contributed by atoms with Crippen LogP contribution in [0.5, 0.6) is 0 Å². The first-order valence-corrected chi connectivity index (χ1v) is 17.7. The number of benzene rings is 4. The molecule has 0 amide bonds. The van der Waals surface area contributed by atoms with E-state index in [1.807, 2.05) is 27.7 Å². The predicted molar refractivity (Wildman–Crippen MR) is 200 cm³/mol. The Labute approximate surface area is 306 Å². The summed E-state index contributed by atoms with van der Waals surface area (Å²) in [5.41, 5.74) is 16.0. The van der Waals surface area contributed by atoms with Crippen LogP contribution in [0.3, 0.4) is 0 Å². The molecule has 0 saturated carbocycles. The highest BCUT2D eigenvalue weighted by atomic mass is 15.3. The molecule has 264 valence electrons. The van der Waals surface area contributed by atoms with Crippen molar-refractivity contribution < 1.29 is 0 Å². The molecule has 0 aliphatic carbocycles. The maximum absolute atomic E-state index is 4.38. The summed E-state index contributed by atoms with van der Waals surface area (Å²) < 4.78 is 0. The van der Waals surface area contributed by atoms with Crippen molar-refractivity contribution in [2.75, 3.05) is 0 Å². The molecule has 4 N–H and O–H groups in total. The molecule has 0 fully saturated rings. The number of aryl methyl sites for hydroxylation is 4. The van der Waals surface area contributed by atoms with Crippen LogP contribution in [0.2, 0.25) is 0 Å². The van der Waals surface area contributed by atoms with Gasteiger partial charge in [0.15, 0.2) is 0 Å². The minimum Gasteiger partial charge on any atom is -0.197 e. The zero-order chi connectivity index (χ0) is 36.4. The second kappa shape index (κ2) is 14.2. The van der Waals surface area contributed by atoms with Crippen LogP contribution in [-0.4, -0.2) is 61.6 Å². The number of nitrogens with one attached hydrogen (secondary N) is 4. The van der Waals surface area contributed by atoms with E-state index in [9.17, 15) is 0 Å². The van der Waals surface area contributed by atoms with Crippen molar-refractivity contribution in [1.82, 2.24) is 61.6 Å². The second-order valence-electron chi connectivity index (χ2n) is 13.7. The third-order valence-corrected chi connectivity index (χ3v) is 10.3. The van der Waals surface area contributed by atoms with Crippen molar-refractivity contribution in [3.63, 3.8) is 0 Å². The molecule has 0 atom stereocenters. The zero-order valence-electron chi connectivity index (χ0n) is 30.1. The van der Waals surface area contributed by atoms with Crippen LogP contribution in [0.1, 0.15) is 90.1 Å². The SMILES string of the molecule is Cc1n[nH]nc1Cc1ccc(C(c2ccc(Cc3n[nH]nc3C)cc2)(c2ccc(Cc3n[nH]nc3C)cc2)c2ccc(Cc3n[nH]nc3C)cc2)cc1. The van der Waals surface area contributed by atoms with Crippen molar-refractivity contribution in [3.8, 4) is 0 Å². The van der Waals surface area contributed by atoms with Gasteiger partial charge in [-0.1, -0.05) is 97.1 Å². The van der Waals surface area contributed by atoms with E-state index < -0.39 is 5.41 Å². The molecule has 53 heavy (non-hydrogen) atoms. The first-order valence-electron chi connectivity index (χ1n) is 17.7. The number of rotatable bonds is 12. The molecule has 12 nitrogen and oxygen atoms in total. The van der Waals surface area contributed by atoms with E-state index in [1.165, 1.54) is 0 Å². The number of hydrogen-bond donors (Lipinski definition) is 4. The molecular weight excluding hydrogens is 661 g/mol. The van der Waals surface area contributed by atoms with E-state index in [1.54, 1.807) is 0 Å². The van der Waals surface area contributed by atoms with Crippen molar-refractivity contribution in [2.24, 2.45) is 0 Å². The van der Waals surface area contributed by atoms with Crippen molar-refractivity contribution >= 4 is 0 Å². The number of aromatic amines is 4. The molecule has 8 rings (SSSR count). The summed E-state index contributed by atoms with van der Waals surface area (Å²) in [6, 6.07) is 35.8. The lowest BCUT2D eigenvalue weighted by Crippen LogP contribution is -2.31. The number of H-pyrrole nitrogens is 4. The summed E-state index contributed by atoms with van der Waals surface area (Å²) in [7, 11) is 0. The van der Waals surface area contributed by atoms with Crippen LogP contribution in [0.15, 0.2) is 97.1 Å². The minimum atomic E-state index is -0.657. The molecule has 4 heterocycles. The summed E-state index contributed by atoms with van der Waals surface area (Å²) in [5, 5.41) is 45.5. The van der Waals surface area contributed by atoms with Gasteiger partial charge in [0.1, 0.15) is 0 Å². The van der Waals surface area contributed by atoms with Crippen LogP contribution < -0.4 is 0 Å². The first-order chi connectivity index (χ1) is 25.9. The standard InChI is InChI=1S/C41H40N12/c1-25-37(46-50-42-25)21-29-5-13-33(14-6-29)41(34-15-7-30(8-16-34)22-38-26(2)43-51-47-38,35-17-9-31(10-18-35)23-39-27(3)44-52-48-39)36-19-11-32(12-20-36)24-40-28(4)45-53-49-40/h5-20H,21-24H2,1-4H3,(H,42,46,50)(H,43,47,51)(H,44,48,52)(H,45,49,53). The fraction of sp³-hybridized carbons (Fsp3) is 0.220. The van der Waals surface area contributed by atoms with Gasteiger partial charge in [0, 0.05) is 25.7 Å². The fourth-order valence-electron chi connectivity index (χ4n) is 7.16. The van der Waals surface area contributed by atoms with Gasteiger partial charge in [-0.3, -0.25) is 0 Å². The minimum absolute atomic E-state index is 0.657. The molecule has 0 radical (unpaired) electrons. The number of hydrogen-bond acceptors (Lipinski definition) is 8. The van der Waals surface area contributed by atoms with Crippen molar-refractivity contribution in [3.05, 3.63) is 187 Å². The molecular formula is C41H40N12. The topological polar surface area (TPSA) is 166 Å². The van der Waals surface area contributed by atoms with E-state index in [-0.39, 0.29) is 0 Å². The third kappa shape index (κ3) is 6.66. The molecule has 0 unspecified atom stereocenters. The summed E-state index contributed by atoms with van der Waals surface area (Å²) >= 11 is 0. The highest BCUT2D eigenvalue weighted by Gasteiger charge is 2.38. The lowest BCUT2D eigenvalue weighted by Gasteiger charge is -2.37. The first kappa shape index (κ1) is 33.6. The Morgan fingerprint density at radius 2 is 0.528 bits per heavy atom. The molecule has 4 aromatic heterocycles. The van der Waals surface area contributed by atoms with Gasteiger partial charge in [-0.2, -0.15) is 61.6 Å². The summed E-state index contributed by atoms with van der Waals surface area (Å²) in [6.07, 6.45) is 2.77. The van der Waals surface area contributed by atoms with Gasteiger partial charge in [0.25, 0.3) is 0 Å². The largest absolute Gasteiger partial charge is 0.197 e. The zero-order valence-corrected chi connectivity index (χ0v) is 30.1. The fourth-order valence-corrected chi connectivity index (χ4v) is 7.16. The predicted octanol–water partition coefficient (Wildman–Crippen LogP) is 6.14. The van der Waals surface area contributed by atoms with Gasteiger partial charge in [-0.15, -0.1) is 0 Å². The highest BCUT2D eigenvalue weighted by Crippen LogP contribution is 2.46. The summed E-state index contributed by atoms with van der Waals surface area (Å²) in [4.78, 5) is 0. The average molecular weight is 701 g/mol. The van der Waals surface area contributed by atoms with E-state index in [0.29, 0.717) is 25.7 Å². The molecule has 4 aromatic carbocycles. The highest BCUT2D eigenvalue weighted by molar-refractivity contribution is 5.61. The van der Waals surface area contributed by atoms with Gasteiger partial charge in [0.2, 0.25) is 0 Å². The van der Waals surface area contributed by atoms with Crippen LogP contribution in [0.25, 0.3) is 0 Å². The van der Waals surface area contributed by atoms with E-state index >= 15 is 0 Å². The van der Waals surface area contributed by atoms with E-state index in [0.717, 1.165) is 90.1 Å². The molecule has 0 saturated heterocycles. The van der Waals surface area contributed by atoms with Crippen LogP contribution in [0.4, 0.5) is 0 Å². The normalized spacial score (nSPS) is 11.7. The average Bonchev–Trinajstić information content (AvgIpc) is 3.99. The molecule has 0 aliphatic rings. The molecule has 0 bridgehead atoms. The van der Waals surface area contributed by atoms with Crippen LogP contribution in [0, 0.1) is 27.7 Å². The monoisotopic (exact) mass is 700 g/mol. The molecule has 12 heteroatoms. The molecule has 8 aromatic rings. The van der Waals surface area contributed by atoms with Crippen LogP contribution >= 0.6 is 0 Å². The lowest BCUT2D eigenvalue weighted by molar-refractivity contribution is 0.742. The Morgan fingerprint density at radius 3 is 0.698 bits per heavy atom. The number of nitrogens with zero attached hydrogens (tertiary/aromatic N) is 8. The Bertz CT molecular complexity index is 2080. The van der Waals surface area contributed by atoms with Gasteiger partial charge in [0.05, 0.1) is 51.0 Å². The quantitative estimate of drug-likeness (QED) is 0.110. The van der Waals surface area contributed by atoms with Gasteiger partial charge in [-0.25, -0.2) is 0 Å². The summed E-state index contributed by atoms with van der Waals surface area (Å²) in [5.74, 6) is 0. The smallest absolute Gasteiger partial charge is 0.0897 e. The van der Waals surface area contributed by atoms with Gasteiger partial charge >= 0.3 is 0 Å². The van der Waals surface area contributed by atoms with Crippen molar-refractivity contribution in [1.29, 1.82) is 0 Å². The summed E-state index contributed by atoms with van der Waals surface area (Å²) in [6.45, 7) is 7.92. The van der Waals surface area contributed by atoms with E-state index in [4.69, 9.17) is 0 Å². The second-order valence-corrected chi connectivity index (χ2v) is 13.7. The Kier molecular flexibility index (Phi) is 9.01. The Hall–Kier alpha value is -6.56. The van der Waals surface area contributed by atoms with Gasteiger partial charge < -0.3 is 0 Å². The molecule has 0 spiro atoms. The maximum atomic E-state index is 4.38. The third-order valence-electron chi connectivity index (χ3n) is 10.3.